The minimum atomic E-state index is -1.44. The highest BCUT2D eigenvalue weighted by Gasteiger charge is 2.32. The minimum Gasteiger partial charge on any atom is -0.505 e. The van der Waals surface area contributed by atoms with Crippen molar-refractivity contribution in [3.05, 3.63) is 23.0 Å². The molecule has 5 N–H and O–H groups in total. The highest BCUT2D eigenvalue weighted by Crippen LogP contribution is 2.22. The highest BCUT2D eigenvalue weighted by molar-refractivity contribution is 5.88. The molecule has 1 amide bonds. The summed E-state index contributed by atoms with van der Waals surface area (Å²) in [5.41, 5.74) is 2.04. The van der Waals surface area contributed by atoms with Crippen LogP contribution in [0, 0.1) is 12.3 Å². The quantitative estimate of drug-likeness (QED) is 0.352. The van der Waals surface area contributed by atoms with Crippen molar-refractivity contribution in [2.24, 2.45) is 10.5 Å². The molecule has 1 rings (SSSR count). The van der Waals surface area contributed by atoms with E-state index >= 15 is 0 Å². The molecule has 1 unspecified atom stereocenters. The van der Waals surface area contributed by atoms with E-state index in [9.17, 15) is 20.1 Å². The van der Waals surface area contributed by atoms with Crippen molar-refractivity contribution in [1.82, 2.24) is 10.4 Å². The van der Waals surface area contributed by atoms with Crippen LogP contribution < -0.4 is 5.43 Å². The molecule has 0 aliphatic rings. The molecule has 0 aliphatic carbocycles. The van der Waals surface area contributed by atoms with Crippen LogP contribution in [0.3, 0.4) is 0 Å². The van der Waals surface area contributed by atoms with E-state index < -0.39 is 17.4 Å². The number of carbonyl (C=O) groups excluding carboxylic acids is 1. The van der Waals surface area contributed by atoms with Crippen molar-refractivity contribution in [2.75, 3.05) is 6.61 Å². The van der Waals surface area contributed by atoms with E-state index in [0.29, 0.717) is 11.3 Å². The Morgan fingerprint density at radius 1 is 1.50 bits per heavy atom. The summed E-state index contributed by atoms with van der Waals surface area (Å²) in [6, 6.07) is 0. The minimum absolute atomic E-state index is 0.152. The molecule has 8 heteroatoms. The standard InChI is InChI=1S/C14H21N3O5/c1-8-11(20)10(9(6-18)4-15-8)5-16-17-13(22)12(21)14(2,3)7-19/h4-5,12,18-21H,6-7H2,1-3H3,(H,17,22)/b16-5+. The van der Waals surface area contributed by atoms with Gasteiger partial charge in [-0.05, 0) is 6.92 Å². The average Bonchev–Trinajstić information content (AvgIpc) is 2.50. The molecule has 0 fully saturated rings. The lowest BCUT2D eigenvalue weighted by Gasteiger charge is -2.26. The number of nitrogens with zero attached hydrogens (tertiary/aromatic N) is 2. The number of rotatable bonds is 6. The van der Waals surface area contributed by atoms with Gasteiger partial charge in [0.25, 0.3) is 5.91 Å². The zero-order valence-electron chi connectivity index (χ0n) is 12.7. The molecule has 122 valence electrons. The lowest BCUT2D eigenvalue weighted by molar-refractivity contribution is -0.137. The van der Waals surface area contributed by atoms with Gasteiger partial charge in [-0.3, -0.25) is 9.78 Å². The predicted molar refractivity (Wildman–Crippen MR) is 79.2 cm³/mol. The van der Waals surface area contributed by atoms with E-state index in [1.807, 2.05) is 0 Å². The van der Waals surface area contributed by atoms with Gasteiger partial charge < -0.3 is 20.4 Å². The first kappa shape index (κ1) is 18.0. The molecule has 0 bridgehead atoms. The Morgan fingerprint density at radius 2 is 2.14 bits per heavy atom. The van der Waals surface area contributed by atoms with Gasteiger partial charge in [-0.1, -0.05) is 13.8 Å². The van der Waals surface area contributed by atoms with E-state index in [-0.39, 0.29) is 24.5 Å². The van der Waals surface area contributed by atoms with Gasteiger partial charge in [-0.25, -0.2) is 5.43 Å². The van der Waals surface area contributed by atoms with Crippen molar-refractivity contribution in [3.8, 4) is 5.75 Å². The second-order valence-corrected chi connectivity index (χ2v) is 5.57. The largest absolute Gasteiger partial charge is 0.505 e. The van der Waals surface area contributed by atoms with Crippen LogP contribution in [0.4, 0.5) is 0 Å². The van der Waals surface area contributed by atoms with Gasteiger partial charge in [-0.15, -0.1) is 0 Å². The van der Waals surface area contributed by atoms with E-state index in [2.05, 4.69) is 15.5 Å². The van der Waals surface area contributed by atoms with Crippen molar-refractivity contribution in [3.63, 3.8) is 0 Å². The first-order chi connectivity index (χ1) is 10.2. The van der Waals surface area contributed by atoms with Gasteiger partial charge in [0.05, 0.1) is 25.1 Å². The van der Waals surface area contributed by atoms with Crippen LogP contribution in [-0.4, -0.2) is 50.2 Å². The number of hydrogen-bond acceptors (Lipinski definition) is 7. The average molecular weight is 311 g/mol. The maximum atomic E-state index is 11.7. The van der Waals surface area contributed by atoms with Gasteiger partial charge in [-0.2, -0.15) is 5.10 Å². The summed E-state index contributed by atoms with van der Waals surface area (Å²) < 4.78 is 0. The molecule has 8 nitrogen and oxygen atoms in total. The smallest absolute Gasteiger partial charge is 0.269 e. The number of aromatic nitrogens is 1. The first-order valence-corrected chi connectivity index (χ1v) is 6.64. The second-order valence-electron chi connectivity index (χ2n) is 5.57. The fourth-order valence-corrected chi connectivity index (χ4v) is 1.59. The number of hydrogen-bond donors (Lipinski definition) is 5. The predicted octanol–water partition coefficient (Wildman–Crippen LogP) is -0.583. The zero-order chi connectivity index (χ0) is 16.9. The first-order valence-electron chi connectivity index (χ1n) is 6.64. The van der Waals surface area contributed by atoms with Crippen LogP contribution in [0.1, 0.15) is 30.7 Å². The summed E-state index contributed by atoms with van der Waals surface area (Å²) in [6.45, 7) is 3.92. The number of aliphatic hydroxyl groups excluding tert-OH is 3. The molecule has 0 aromatic carbocycles. The number of aromatic hydroxyl groups is 1. The van der Waals surface area contributed by atoms with Gasteiger partial charge in [0.15, 0.2) is 0 Å². The molecule has 1 atom stereocenters. The Labute approximate surface area is 128 Å². The number of amides is 1. The number of carbonyl (C=O) groups is 1. The maximum absolute atomic E-state index is 11.7. The Balaban J connectivity index is 2.87. The summed E-state index contributed by atoms with van der Waals surface area (Å²) in [6.07, 6.45) is 1.10. The third-order valence-corrected chi connectivity index (χ3v) is 3.29. The van der Waals surface area contributed by atoms with Crippen molar-refractivity contribution in [1.29, 1.82) is 0 Å². The zero-order valence-corrected chi connectivity index (χ0v) is 12.7. The number of hydrazone groups is 1. The summed E-state index contributed by atoms with van der Waals surface area (Å²) in [7, 11) is 0. The van der Waals surface area contributed by atoms with Crippen molar-refractivity contribution < 1.29 is 25.2 Å². The van der Waals surface area contributed by atoms with E-state index in [1.165, 1.54) is 20.0 Å². The molecule has 0 aliphatic heterocycles. The Bertz CT molecular complexity index is 572. The van der Waals surface area contributed by atoms with E-state index in [0.717, 1.165) is 6.21 Å². The van der Waals surface area contributed by atoms with Crippen LogP contribution in [0.15, 0.2) is 11.3 Å². The number of pyridine rings is 1. The summed E-state index contributed by atoms with van der Waals surface area (Å²) in [5.74, 6) is -0.938. The Kier molecular flexibility index (Phi) is 5.98. The normalized spacial score (nSPS) is 13.4. The Morgan fingerprint density at radius 3 is 2.68 bits per heavy atom. The monoisotopic (exact) mass is 311 g/mol. The number of aryl methyl sites for hydroxylation is 1. The molecule has 0 saturated heterocycles. The van der Waals surface area contributed by atoms with Gasteiger partial charge >= 0.3 is 0 Å². The Hall–Kier alpha value is -2.03. The molecule has 1 aromatic heterocycles. The third-order valence-electron chi connectivity index (χ3n) is 3.29. The molecule has 1 heterocycles. The third kappa shape index (κ3) is 4.00. The van der Waals surface area contributed by atoms with Crippen LogP contribution in [0.2, 0.25) is 0 Å². The van der Waals surface area contributed by atoms with E-state index in [4.69, 9.17) is 5.11 Å². The molecule has 22 heavy (non-hydrogen) atoms. The molecule has 0 spiro atoms. The second kappa shape index (κ2) is 7.30. The fourth-order valence-electron chi connectivity index (χ4n) is 1.59. The fraction of sp³-hybridized carbons (Fsp3) is 0.500. The summed E-state index contributed by atoms with van der Waals surface area (Å²) in [5, 5.41) is 41.7. The molecule has 1 aromatic rings. The molecular weight excluding hydrogens is 290 g/mol. The topological polar surface area (TPSA) is 135 Å². The van der Waals surface area contributed by atoms with Crippen LogP contribution >= 0.6 is 0 Å². The molecule has 0 radical (unpaired) electrons. The van der Waals surface area contributed by atoms with Crippen LogP contribution in [0.25, 0.3) is 0 Å². The SMILES string of the molecule is Cc1ncc(CO)c(/C=N/NC(=O)C(O)C(C)(C)CO)c1O. The highest BCUT2D eigenvalue weighted by atomic mass is 16.3. The van der Waals surface area contributed by atoms with Gasteiger partial charge in [0.1, 0.15) is 11.9 Å². The molecule has 0 saturated carbocycles. The number of nitrogens with one attached hydrogen (secondary N) is 1. The van der Waals surface area contributed by atoms with Crippen LogP contribution in [0.5, 0.6) is 5.75 Å². The summed E-state index contributed by atoms with van der Waals surface area (Å²) in [4.78, 5) is 15.6. The van der Waals surface area contributed by atoms with E-state index in [1.54, 1.807) is 6.92 Å². The number of aliphatic hydroxyl groups is 3. The lowest BCUT2D eigenvalue weighted by atomic mass is 9.87. The summed E-state index contributed by atoms with van der Waals surface area (Å²) >= 11 is 0. The van der Waals surface area contributed by atoms with Crippen molar-refractivity contribution in [2.45, 2.75) is 33.5 Å². The molecular formula is C14H21N3O5. The lowest BCUT2D eigenvalue weighted by Crippen LogP contribution is -2.44. The maximum Gasteiger partial charge on any atom is 0.269 e. The van der Waals surface area contributed by atoms with Crippen molar-refractivity contribution >= 4 is 12.1 Å². The van der Waals surface area contributed by atoms with Gasteiger partial charge in [0.2, 0.25) is 0 Å². The van der Waals surface area contributed by atoms with Crippen LogP contribution in [-0.2, 0) is 11.4 Å². The van der Waals surface area contributed by atoms with Gasteiger partial charge in [0, 0.05) is 22.7 Å².